The Morgan fingerprint density at radius 1 is 1.32 bits per heavy atom. The molecule has 0 spiro atoms. The van der Waals surface area contributed by atoms with Crippen molar-refractivity contribution in [3.05, 3.63) is 0 Å². The second-order valence-corrected chi connectivity index (χ2v) is 6.30. The van der Waals surface area contributed by atoms with E-state index >= 15 is 0 Å². The van der Waals surface area contributed by atoms with Crippen LogP contribution in [0.2, 0.25) is 0 Å². The molecule has 2 unspecified atom stereocenters. The molecule has 2 atom stereocenters. The van der Waals surface area contributed by atoms with E-state index in [0.29, 0.717) is 12.0 Å². The minimum Gasteiger partial charge on any atom is -0.394 e. The molecule has 112 valence electrons. The average molecular weight is 270 g/mol. The summed E-state index contributed by atoms with van der Waals surface area (Å²) in [6.45, 7) is 6.10. The van der Waals surface area contributed by atoms with E-state index in [9.17, 15) is 5.11 Å². The fourth-order valence-electron chi connectivity index (χ4n) is 3.40. The number of hydrogen-bond donors (Lipinski definition) is 2. The molecule has 1 saturated heterocycles. The van der Waals surface area contributed by atoms with Gasteiger partial charge in [-0.1, -0.05) is 6.92 Å². The van der Waals surface area contributed by atoms with Crippen molar-refractivity contribution < 1.29 is 9.84 Å². The van der Waals surface area contributed by atoms with Crippen LogP contribution in [-0.4, -0.2) is 61.5 Å². The predicted octanol–water partition coefficient (Wildman–Crippen LogP) is 1.24. The third-order valence-electron chi connectivity index (χ3n) is 4.51. The van der Waals surface area contributed by atoms with Crippen LogP contribution in [0.25, 0.3) is 0 Å². The molecule has 4 nitrogen and oxygen atoms in total. The van der Waals surface area contributed by atoms with Gasteiger partial charge in [0.15, 0.2) is 0 Å². The van der Waals surface area contributed by atoms with Gasteiger partial charge < -0.3 is 20.1 Å². The number of ether oxygens (including phenoxy) is 1. The number of nitrogens with zero attached hydrogens (tertiary/aromatic N) is 1. The highest BCUT2D eigenvalue weighted by molar-refractivity contribution is 5.02. The summed E-state index contributed by atoms with van der Waals surface area (Å²) in [5.74, 6) is 0.646. The molecular formula is C15H30N2O2. The first-order chi connectivity index (χ1) is 9.20. The van der Waals surface area contributed by atoms with Gasteiger partial charge in [-0.2, -0.15) is 0 Å². The van der Waals surface area contributed by atoms with Gasteiger partial charge in [-0.15, -0.1) is 0 Å². The van der Waals surface area contributed by atoms with Gasteiger partial charge in [-0.3, -0.25) is 0 Å². The third kappa shape index (κ3) is 4.15. The summed E-state index contributed by atoms with van der Waals surface area (Å²) in [5, 5.41) is 13.4. The lowest BCUT2D eigenvalue weighted by molar-refractivity contribution is -0.00938. The minimum atomic E-state index is -0.0990. The Morgan fingerprint density at radius 2 is 2.11 bits per heavy atom. The van der Waals surface area contributed by atoms with E-state index in [1.807, 2.05) is 0 Å². The molecule has 0 aromatic carbocycles. The molecule has 1 saturated carbocycles. The first kappa shape index (κ1) is 15.2. The molecule has 2 fully saturated rings. The smallest absolute Gasteiger partial charge is 0.0701 e. The zero-order valence-corrected chi connectivity index (χ0v) is 12.5. The number of aliphatic hydroxyl groups excluding tert-OH is 1. The Labute approximate surface area is 117 Å². The fourth-order valence-corrected chi connectivity index (χ4v) is 3.40. The molecule has 0 radical (unpaired) electrons. The molecule has 0 aromatic heterocycles. The molecule has 2 N–H and O–H groups in total. The van der Waals surface area contributed by atoms with E-state index in [0.717, 1.165) is 26.2 Å². The first-order valence-electron chi connectivity index (χ1n) is 7.86. The largest absolute Gasteiger partial charge is 0.394 e. The second-order valence-electron chi connectivity index (χ2n) is 6.30. The molecule has 1 heterocycles. The van der Waals surface area contributed by atoms with Gasteiger partial charge in [0, 0.05) is 19.7 Å². The molecule has 2 aliphatic rings. The molecule has 0 bridgehead atoms. The topological polar surface area (TPSA) is 44.7 Å². The van der Waals surface area contributed by atoms with Crippen molar-refractivity contribution in [1.82, 2.24) is 10.2 Å². The van der Waals surface area contributed by atoms with E-state index in [1.54, 1.807) is 0 Å². The molecule has 19 heavy (non-hydrogen) atoms. The molecule has 2 rings (SSSR count). The zero-order chi connectivity index (χ0) is 13.7. The van der Waals surface area contributed by atoms with E-state index in [1.165, 1.54) is 32.1 Å². The third-order valence-corrected chi connectivity index (χ3v) is 4.51. The first-order valence-corrected chi connectivity index (χ1v) is 7.86. The van der Waals surface area contributed by atoms with E-state index in [4.69, 9.17) is 4.74 Å². The lowest BCUT2D eigenvalue weighted by Gasteiger charge is -2.38. The number of nitrogens with one attached hydrogen (secondary N) is 1. The molecule has 4 heteroatoms. The summed E-state index contributed by atoms with van der Waals surface area (Å²) in [6.07, 6.45) is 6.57. The number of aliphatic hydroxyl groups is 1. The van der Waals surface area contributed by atoms with Crippen molar-refractivity contribution in [2.75, 3.05) is 39.9 Å². The Morgan fingerprint density at radius 3 is 2.63 bits per heavy atom. The van der Waals surface area contributed by atoms with Gasteiger partial charge in [-0.25, -0.2) is 0 Å². The summed E-state index contributed by atoms with van der Waals surface area (Å²) in [6, 6.07) is 0. The van der Waals surface area contributed by atoms with Gasteiger partial charge >= 0.3 is 0 Å². The van der Waals surface area contributed by atoms with Crippen molar-refractivity contribution in [3.8, 4) is 0 Å². The molecule has 0 aromatic rings. The molecular weight excluding hydrogens is 240 g/mol. The van der Waals surface area contributed by atoms with E-state index in [2.05, 4.69) is 24.2 Å². The van der Waals surface area contributed by atoms with Gasteiger partial charge in [0.2, 0.25) is 0 Å². The van der Waals surface area contributed by atoms with E-state index < -0.39 is 0 Å². The molecule has 0 amide bonds. The average Bonchev–Trinajstić information content (AvgIpc) is 3.24. The highest BCUT2D eigenvalue weighted by Gasteiger charge is 2.44. The van der Waals surface area contributed by atoms with Gasteiger partial charge in [0.1, 0.15) is 0 Å². The van der Waals surface area contributed by atoms with Gasteiger partial charge in [-0.05, 0) is 51.6 Å². The minimum absolute atomic E-state index is 0.0990. The lowest BCUT2D eigenvalue weighted by atomic mass is 9.93. The summed E-state index contributed by atoms with van der Waals surface area (Å²) in [5.41, 5.74) is -0.0990. The number of hydrogen-bond acceptors (Lipinski definition) is 4. The number of likely N-dealkylation sites (N-methyl/N-ethyl adjacent to an activating group) is 2. The fraction of sp³-hybridized carbons (Fsp3) is 1.00. The summed E-state index contributed by atoms with van der Waals surface area (Å²) >= 11 is 0. The Kier molecular flexibility index (Phi) is 5.63. The maximum atomic E-state index is 9.85. The number of rotatable bonds is 8. The standard InChI is InChI=1S/C15H30N2O2/c1-3-16-15(12-18,13-7-8-13)11-17(2)10-14-6-4-5-9-19-14/h13-14,16,18H,3-12H2,1-2H3. The van der Waals surface area contributed by atoms with Gasteiger partial charge in [0.25, 0.3) is 0 Å². The lowest BCUT2D eigenvalue weighted by Crippen LogP contribution is -2.58. The zero-order valence-electron chi connectivity index (χ0n) is 12.5. The van der Waals surface area contributed by atoms with Crippen LogP contribution in [0, 0.1) is 5.92 Å². The van der Waals surface area contributed by atoms with Crippen molar-refractivity contribution in [3.63, 3.8) is 0 Å². The van der Waals surface area contributed by atoms with Crippen LogP contribution in [0.15, 0.2) is 0 Å². The Balaban J connectivity index is 1.84. The van der Waals surface area contributed by atoms with Crippen LogP contribution in [0.1, 0.15) is 39.0 Å². The monoisotopic (exact) mass is 270 g/mol. The summed E-state index contributed by atoms with van der Waals surface area (Å²) in [4.78, 5) is 2.34. The van der Waals surface area contributed by atoms with Crippen LogP contribution in [0.4, 0.5) is 0 Å². The highest BCUT2D eigenvalue weighted by Crippen LogP contribution is 2.40. The van der Waals surface area contributed by atoms with Gasteiger partial charge in [0.05, 0.1) is 18.2 Å². The maximum absolute atomic E-state index is 9.85. The van der Waals surface area contributed by atoms with Crippen LogP contribution in [0.3, 0.4) is 0 Å². The van der Waals surface area contributed by atoms with Crippen LogP contribution >= 0.6 is 0 Å². The quantitative estimate of drug-likeness (QED) is 0.696. The highest BCUT2D eigenvalue weighted by atomic mass is 16.5. The van der Waals surface area contributed by atoms with Crippen LogP contribution in [0.5, 0.6) is 0 Å². The van der Waals surface area contributed by atoms with Crippen molar-refractivity contribution in [2.45, 2.75) is 50.7 Å². The Hall–Kier alpha value is -0.160. The van der Waals surface area contributed by atoms with E-state index in [-0.39, 0.29) is 12.1 Å². The second kappa shape index (κ2) is 7.02. The van der Waals surface area contributed by atoms with Crippen molar-refractivity contribution >= 4 is 0 Å². The maximum Gasteiger partial charge on any atom is 0.0701 e. The van der Waals surface area contributed by atoms with Crippen molar-refractivity contribution in [2.24, 2.45) is 5.92 Å². The van der Waals surface area contributed by atoms with Crippen LogP contribution in [-0.2, 0) is 4.74 Å². The van der Waals surface area contributed by atoms with Crippen LogP contribution < -0.4 is 5.32 Å². The Bertz CT molecular complexity index is 265. The SMILES string of the molecule is CCNC(CO)(CN(C)CC1CCCCO1)C1CC1. The molecule has 1 aliphatic heterocycles. The van der Waals surface area contributed by atoms with Crippen molar-refractivity contribution in [1.29, 1.82) is 0 Å². The summed E-state index contributed by atoms with van der Waals surface area (Å²) in [7, 11) is 2.15. The normalized spacial score (nSPS) is 27.5. The summed E-state index contributed by atoms with van der Waals surface area (Å²) < 4.78 is 5.81. The predicted molar refractivity (Wildman–Crippen MR) is 77.3 cm³/mol. The molecule has 1 aliphatic carbocycles.